The number of hydrogen-bond acceptors (Lipinski definition) is 6. The van der Waals surface area contributed by atoms with Crippen molar-refractivity contribution in [1.29, 1.82) is 5.41 Å². The summed E-state index contributed by atoms with van der Waals surface area (Å²) in [5.74, 6) is 0.710. The molecular formula is C15H26N6O2. The molecule has 0 bridgehead atoms. The van der Waals surface area contributed by atoms with E-state index in [4.69, 9.17) is 21.6 Å². The molecule has 1 amide bonds. The van der Waals surface area contributed by atoms with Crippen LogP contribution < -0.4 is 16.8 Å². The van der Waals surface area contributed by atoms with Gasteiger partial charge in [0.05, 0.1) is 17.0 Å². The highest BCUT2D eigenvalue weighted by Crippen LogP contribution is 2.28. The van der Waals surface area contributed by atoms with Crippen LogP contribution in [0.2, 0.25) is 0 Å². The molecule has 23 heavy (non-hydrogen) atoms. The summed E-state index contributed by atoms with van der Waals surface area (Å²) < 4.78 is 5.76. The van der Waals surface area contributed by atoms with Gasteiger partial charge in [-0.15, -0.1) is 0 Å². The SMILES string of the molecule is CN=C(C=C(N)C(=N)CCN)N1CCC2(CC1)CNC(=O)CO2. The number of likely N-dealkylation sites (tertiary alicyclic amines) is 1. The fraction of sp³-hybridized carbons (Fsp3) is 0.667. The number of piperidine rings is 1. The van der Waals surface area contributed by atoms with Crippen molar-refractivity contribution in [3.05, 3.63) is 11.8 Å². The van der Waals surface area contributed by atoms with E-state index in [1.807, 2.05) is 0 Å². The van der Waals surface area contributed by atoms with E-state index in [1.165, 1.54) is 0 Å². The van der Waals surface area contributed by atoms with Crippen molar-refractivity contribution in [3.8, 4) is 0 Å². The van der Waals surface area contributed by atoms with Crippen molar-refractivity contribution in [2.45, 2.75) is 24.9 Å². The number of amides is 1. The maximum Gasteiger partial charge on any atom is 0.246 e. The van der Waals surface area contributed by atoms with Crippen LogP contribution in [0.4, 0.5) is 0 Å². The van der Waals surface area contributed by atoms with Crippen LogP contribution in [-0.4, -0.2) is 67.8 Å². The Balaban J connectivity index is 1.96. The van der Waals surface area contributed by atoms with Gasteiger partial charge in [-0.05, 0) is 19.4 Å². The van der Waals surface area contributed by atoms with Crippen LogP contribution in [0.5, 0.6) is 0 Å². The number of aliphatic imine (C=N–C) groups is 1. The molecule has 2 aliphatic heterocycles. The largest absolute Gasteiger partial charge is 0.397 e. The Kier molecular flexibility index (Phi) is 5.73. The quantitative estimate of drug-likeness (QED) is 0.398. The van der Waals surface area contributed by atoms with E-state index >= 15 is 0 Å². The lowest BCUT2D eigenvalue weighted by molar-refractivity contribution is -0.148. The lowest BCUT2D eigenvalue weighted by atomic mass is 9.90. The molecule has 8 heteroatoms. The number of ether oxygens (including phenoxy) is 1. The lowest BCUT2D eigenvalue weighted by Crippen LogP contribution is -2.57. The van der Waals surface area contributed by atoms with Gasteiger partial charge in [-0.25, -0.2) is 0 Å². The average molecular weight is 322 g/mol. The summed E-state index contributed by atoms with van der Waals surface area (Å²) in [6.45, 7) is 2.66. The summed E-state index contributed by atoms with van der Waals surface area (Å²) in [5.41, 5.74) is 11.9. The van der Waals surface area contributed by atoms with E-state index in [2.05, 4.69) is 15.2 Å². The normalized spacial score (nSPS) is 22.2. The van der Waals surface area contributed by atoms with Gasteiger partial charge in [-0.3, -0.25) is 9.79 Å². The Labute approximate surface area is 136 Å². The van der Waals surface area contributed by atoms with Crippen molar-refractivity contribution in [2.24, 2.45) is 16.5 Å². The first-order valence-corrected chi connectivity index (χ1v) is 7.87. The van der Waals surface area contributed by atoms with E-state index in [0.29, 0.717) is 30.9 Å². The zero-order valence-corrected chi connectivity index (χ0v) is 13.6. The highest BCUT2D eigenvalue weighted by Gasteiger charge is 2.39. The Morgan fingerprint density at radius 3 is 2.74 bits per heavy atom. The Bertz CT molecular complexity index is 508. The monoisotopic (exact) mass is 322 g/mol. The molecule has 0 atom stereocenters. The van der Waals surface area contributed by atoms with Crippen molar-refractivity contribution in [1.82, 2.24) is 10.2 Å². The second-order valence-electron chi connectivity index (χ2n) is 5.93. The van der Waals surface area contributed by atoms with E-state index < -0.39 is 0 Å². The Morgan fingerprint density at radius 1 is 1.52 bits per heavy atom. The van der Waals surface area contributed by atoms with Crippen molar-refractivity contribution in [3.63, 3.8) is 0 Å². The number of amidine groups is 1. The molecule has 0 unspecified atom stereocenters. The first-order valence-electron chi connectivity index (χ1n) is 7.87. The summed E-state index contributed by atoms with van der Waals surface area (Å²) >= 11 is 0. The van der Waals surface area contributed by atoms with Gasteiger partial charge in [0.25, 0.3) is 0 Å². The van der Waals surface area contributed by atoms with Crippen molar-refractivity contribution >= 4 is 17.5 Å². The number of nitrogens with one attached hydrogen (secondary N) is 2. The summed E-state index contributed by atoms with van der Waals surface area (Å²) in [6, 6.07) is 0. The number of rotatable bonds is 4. The number of morpholine rings is 1. The number of allylic oxidation sites excluding steroid dienone is 1. The van der Waals surface area contributed by atoms with Crippen LogP contribution in [-0.2, 0) is 9.53 Å². The topological polar surface area (TPSA) is 130 Å². The minimum Gasteiger partial charge on any atom is -0.397 e. The van der Waals surface area contributed by atoms with Crippen molar-refractivity contribution < 1.29 is 9.53 Å². The molecular weight excluding hydrogens is 296 g/mol. The molecule has 2 aliphatic rings. The van der Waals surface area contributed by atoms with Gasteiger partial charge < -0.3 is 31.8 Å². The molecule has 1 spiro atoms. The molecule has 2 rings (SSSR count). The summed E-state index contributed by atoms with van der Waals surface area (Å²) in [4.78, 5) is 17.7. The van der Waals surface area contributed by atoms with E-state index in [-0.39, 0.29) is 18.1 Å². The third-order valence-corrected chi connectivity index (χ3v) is 4.37. The fourth-order valence-electron chi connectivity index (χ4n) is 2.86. The zero-order valence-electron chi connectivity index (χ0n) is 13.6. The maximum absolute atomic E-state index is 11.2. The van der Waals surface area contributed by atoms with Gasteiger partial charge in [0.2, 0.25) is 5.91 Å². The molecule has 0 aromatic heterocycles. The third kappa shape index (κ3) is 4.29. The van der Waals surface area contributed by atoms with Gasteiger partial charge in [-0.1, -0.05) is 0 Å². The molecule has 6 N–H and O–H groups in total. The molecule has 0 radical (unpaired) electrons. The predicted molar refractivity (Wildman–Crippen MR) is 89.5 cm³/mol. The molecule has 0 aromatic carbocycles. The standard InChI is InChI=1S/C15H26N6O2/c1-19-13(8-12(18)11(17)2-5-16)21-6-3-15(4-7-21)10-20-14(22)9-23-15/h8,17H,2-7,9-10,16,18H2,1H3,(H,20,22). The van der Waals surface area contributed by atoms with Gasteiger partial charge in [0.1, 0.15) is 12.4 Å². The molecule has 0 saturated carbocycles. The van der Waals surface area contributed by atoms with Gasteiger partial charge in [0, 0.05) is 39.2 Å². The minimum absolute atomic E-state index is 0.0528. The predicted octanol–water partition coefficient (Wildman–Crippen LogP) is -0.793. The lowest BCUT2D eigenvalue weighted by Gasteiger charge is -2.44. The van der Waals surface area contributed by atoms with Crippen LogP contribution in [0.15, 0.2) is 16.8 Å². The van der Waals surface area contributed by atoms with Crippen LogP contribution in [0.1, 0.15) is 19.3 Å². The number of nitrogens with zero attached hydrogens (tertiary/aromatic N) is 2. The van der Waals surface area contributed by atoms with Gasteiger partial charge in [-0.2, -0.15) is 0 Å². The molecule has 2 fully saturated rings. The number of carbonyl (C=O) groups is 1. The van der Waals surface area contributed by atoms with Crippen molar-refractivity contribution in [2.75, 3.05) is 39.8 Å². The zero-order chi connectivity index (χ0) is 16.9. The summed E-state index contributed by atoms with van der Waals surface area (Å²) in [5, 5.41) is 10.7. The summed E-state index contributed by atoms with van der Waals surface area (Å²) in [7, 11) is 1.72. The van der Waals surface area contributed by atoms with Crippen LogP contribution in [0, 0.1) is 5.41 Å². The highest BCUT2D eigenvalue weighted by molar-refractivity contribution is 6.04. The van der Waals surface area contributed by atoms with Crippen LogP contribution in [0.3, 0.4) is 0 Å². The molecule has 128 valence electrons. The Morgan fingerprint density at radius 2 is 2.22 bits per heavy atom. The second kappa shape index (κ2) is 7.56. The second-order valence-corrected chi connectivity index (χ2v) is 5.93. The molecule has 2 heterocycles. The van der Waals surface area contributed by atoms with Gasteiger partial charge >= 0.3 is 0 Å². The molecule has 8 nitrogen and oxygen atoms in total. The van der Waals surface area contributed by atoms with Crippen LogP contribution >= 0.6 is 0 Å². The average Bonchev–Trinajstić information content (AvgIpc) is 2.56. The molecule has 0 aromatic rings. The van der Waals surface area contributed by atoms with Gasteiger partial charge in [0.15, 0.2) is 0 Å². The summed E-state index contributed by atoms with van der Waals surface area (Å²) in [6.07, 6.45) is 3.83. The van der Waals surface area contributed by atoms with E-state index in [0.717, 1.165) is 31.8 Å². The number of nitrogens with two attached hydrogens (primary N) is 2. The van der Waals surface area contributed by atoms with E-state index in [1.54, 1.807) is 13.1 Å². The number of carbonyl (C=O) groups excluding carboxylic acids is 1. The van der Waals surface area contributed by atoms with E-state index in [9.17, 15) is 4.79 Å². The first kappa shape index (κ1) is 17.4. The smallest absolute Gasteiger partial charge is 0.246 e. The third-order valence-electron chi connectivity index (χ3n) is 4.37. The fourth-order valence-corrected chi connectivity index (χ4v) is 2.86. The maximum atomic E-state index is 11.2. The molecule has 2 saturated heterocycles. The van der Waals surface area contributed by atoms with Crippen LogP contribution in [0.25, 0.3) is 0 Å². The molecule has 0 aliphatic carbocycles. The number of hydrogen-bond donors (Lipinski definition) is 4. The Hall–Kier alpha value is -1.93. The highest BCUT2D eigenvalue weighted by atomic mass is 16.5. The minimum atomic E-state index is -0.259. The first-order chi connectivity index (χ1) is 11.0.